The highest BCUT2D eigenvalue weighted by Gasteiger charge is 2.23. The third-order valence-corrected chi connectivity index (χ3v) is 8.04. The number of hydrogen-bond acceptors (Lipinski definition) is 3. The van der Waals surface area contributed by atoms with Crippen LogP contribution in [-0.4, -0.2) is 18.6 Å². The SMILES string of the molecule is COC(=C1SCCCS1)C(=C(c1ccc(Cl)cc1)c1ccc(Cl)cc1)c1ccccc1. The molecular weight excluding hydrogens is 463 g/mol. The fourth-order valence-corrected chi connectivity index (χ4v) is 6.38. The van der Waals surface area contributed by atoms with Gasteiger partial charge in [0, 0.05) is 21.2 Å². The van der Waals surface area contributed by atoms with E-state index in [0.29, 0.717) is 10.0 Å². The molecule has 0 amide bonds. The monoisotopic (exact) mass is 484 g/mol. The van der Waals surface area contributed by atoms with Crippen molar-refractivity contribution in [1.29, 1.82) is 0 Å². The van der Waals surface area contributed by atoms with Gasteiger partial charge in [-0.25, -0.2) is 0 Å². The highest BCUT2D eigenvalue weighted by atomic mass is 35.5. The molecule has 31 heavy (non-hydrogen) atoms. The van der Waals surface area contributed by atoms with Crippen LogP contribution in [0.15, 0.2) is 88.9 Å². The lowest BCUT2D eigenvalue weighted by atomic mass is 9.88. The van der Waals surface area contributed by atoms with E-state index in [-0.39, 0.29) is 0 Å². The molecular formula is C26H22Cl2OS2. The number of benzene rings is 3. The molecule has 0 saturated carbocycles. The quantitative estimate of drug-likeness (QED) is 0.264. The summed E-state index contributed by atoms with van der Waals surface area (Å²) < 4.78 is 7.34. The average Bonchev–Trinajstić information content (AvgIpc) is 2.82. The van der Waals surface area contributed by atoms with Gasteiger partial charge in [-0.3, -0.25) is 0 Å². The predicted octanol–water partition coefficient (Wildman–Crippen LogP) is 8.64. The van der Waals surface area contributed by atoms with Crippen LogP contribution in [0.1, 0.15) is 23.1 Å². The minimum atomic E-state index is 0.712. The minimum absolute atomic E-state index is 0.712. The van der Waals surface area contributed by atoms with Crippen molar-refractivity contribution in [2.24, 2.45) is 0 Å². The molecule has 0 atom stereocenters. The fraction of sp³-hybridized carbons (Fsp3) is 0.154. The largest absolute Gasteiger partial charge is 0.494 e. The Labute approximate surface area is 202 Å². The molecule has 4 rings (SSSR count). The van der Waals surface area contributed by atoms with Crippen molar-refractivity contribution in [2.45, 2.75) is 6.42 Å². The van der Waals surface area contributed by atoms with Gasteiger partial charge >= 0.3 is 0 Å². The maximum absolute atomic E-state index is 6.22. The molecule has 5 heteroatoms. The molecule has 0 unspecified atom stereocenters. The van der Waals surface area contributed by atoms with E-state index in [4.69, 9.17) is 27.9 Å². The van der Waals surface area contributed by atoms with Crippen LogP contribution in [0, 0.1) is 0 Å². The molecule has 158 valence electrons. The van der Waals surface area contributed by atoms with E-state index >= 15 is 0 Å². The first kappa shape index (κ1) is 22.4. The highest BCUT2D eigenvalue weighted by molar-refractivity contribution is 8.22. The van der Waals surface area contributed by atoms with Gasteiger partial charge in [0.25, 0.3) is 0 Å². The minimum Gasteiger partial charge on any atom is -0.494 e. The van der Waals surface area contributed by atoms with Crippen LogP contribution < -0.4 is 0 Å². The third-order valence-electron chi connectivity index (χ3n) is 4.95. The van der Waals surface area contributed by atoms with Crippen molar-refractivity contribution in [3.63, 3.8) is 0 Å². The number of halogens is 2. The standard InChI is InChI=1S/C26H22Cl2OS2/c1-29-25(26-30-16-5-17-31-26)24(18-6-3-2-4-7-18)23(19-8-12-21(27)13-9-19)20-10-14-22(28)15-11-20/h2-4,6-15H,5,16-17H2,1H3. The van der Waals surface area contributed by atoms with E-state index in [1.165, 1.54) is 10.7 Å². The Bertz CT molecular complexity index is 1030. The van der Waals surface area contributed by atoms with Crippen molar-refractivity contribution in [2.75, 3.05) is 18.6 Å². The molecule has 1 fully saturated rings. The Morgan fingerprint density at radius 3 is 1.71 bits per heavy atom. The maximum atomic E-state index is 6.22. The average molecular weight is 486 g/mol. The van der Waals surface area contributed by atoms with Crippen LogP contribution in [0.2, 0.25) is 10.0 Å². The summed E-state index contributed by atoms with van der Waals surface area (Å²) in [5, 5.41) is 1.42. The summed E-state index contributed by atoms with van der Waals surface area (Å²) in [6, 6.07) is 26.4. The number of ether oxygens (including phenoxy) is 1. The Morgan fingerprint density at radius 1 is 0.710 bits per heavy atom. The molecule has 0 aromatic heterocycles. The van der Waals surface area contributed by atoms with Gasteiger partial charge in [-0.1, -0.05) is 77.8 Å². The van der Waals surface area contributed by atoms with E-state index in [0.717, 1.165) is 45.1 Å². The van der Waals surface area contributed by atoms with E-state index in [2.05, 4.69) is 48.5 Å². The smallest absolute Gasteiger partial charge is 0.147 e. The van der Waals surface area contributed by atoms with Crippen molar-refractivity contribution >= 4 is 57.9 Å². The Kier molecular flexibility index (Phi) is 7.73. The van der Waals surface area contributed by atoms with Crippen molar-refractivity contribution in [1.82, 2.24) is 0 Å². The van der Waals surface area contributed by atoms with Gasteiger partial charge < -0.3 is 4.74 Å². The molecule has 0 N–H and O–H groups in total. The molecule has 0 spiro atoms. The van der Waals surface area contributed by atoms with Gasteiger partial charge in [-0.2, -0.15) is 0 Å². The number of allylic oxidation sites excluding steroid dienone is 1. The summed E-state index contributed by atoms with van der Waals surface area (Å²) in [5.74, 6) is 3.13. The summed E-state index contributed by atoms with van der Waals surface area (Å²) in [5.41, 5.74) is 5.43. The first-order chi connectivity index (χ1) is 15.2. The molecule has 1 heterocycles. The molecule has 0 radical (unpaired) electrons. The summed E-state index contributed by atoms with van der Waals surface area (Å²) in [6.07, 6.45) is 1.21. The second-order valence-corrected chi connectivity index (χ2v) is 10.3. The number of methoxy groups -OCH3 is 1. The van der Waals surface area contributed by atoms with Crippen LogP contribution in [0.4, 0.5) is 0 Å². The van der Waals surface area contributed by atoms with Crippen LogP contribution in [0.5, 0.6) is 0 Å². The Morgan fingerprint density at radius 2 is 1.23 bits per heavy atom. The van der Waals surface area contributed by atoms with Gasteiger partial charge in [0.1, 0.15) is 5.76 Å². The van der Waals surface area contributed by atoms with E-state index in [9.17, 15) is 0 Å². The summed E-state index contributed by atoms with van der Waals surface area (Å²) >= 11 is 16.2. The molecule has 3 aromatic carbocycles. The fourth-order valence-electron chi connectivity index (χ4n) is 3.53. The zero-order chi connectivity index (χ0) is 21.6. The zero-order valence-electron chi connectivity index (χ0n) is 17.1. The second kappa shape index (κ2) is 10.7. The maximum Gasteiger partial charge on any atom is 0.147 e. The molecule has 3 aromatic rings. The first-order valence-electron chi connectivity index (χ1n) is 10.0. The van der Waals surface area contributed by atoms with Crippen LogP contribution >= 0.6 is 46.7 Å². The van der Waals surface area contributed by atoms with E-state index < -0.39 is 0 Å². The van der Waals surface area contributed by atoms with Crippen LogP contribution in [0.25, 0.3) is 11.1 Å². The molecule has 0 aliphatic carbocycles. The Balaban J connectivity index is 2.07. The molecule has 1 aliphatic heterocycles. The summed E-state index contributed by atoms with van der Waals surface area (Å²) in [4.78, 5) is 0. The lowest BCUT2D eigenvalue weighted by Gasteiger charge is -2.23. The van der Waals surface area contributed by atoms with Gasteiger partial charge in [0.05, 0.1) is 11.3 Å². The second-order valence-electron chi connectivity index (χ2n) is 7.00. The molecule has 1 nitrogen and oxygen atoms in total. The van der Waals surface area contributed by atoms with Gasteiger partial charge in [0.2, 0.25) is 0 Å². The molecule has 0 bridgehead atoms. The number of thioether (sulfide) groups is 2. The number of hydrogen-bond donors (Lipinski definition) is 0. The normalized spacial score (nSPS) is 13.6. The van der Waals surface area contributed by atoms with Gasteiger partial charge in [0.15, 0.2) is 0 Å². The molecule has 1 saturated heterocycles. The van der Waals surface area contributed by atoms with Crippen LogP contribution in [0.3, 0.4) is 0 Å². The lowest BCUT2D eigenvalue weighted by Crippen LogP contribution is -2.04. The zero-order valence-corrected chi connectivity index (χ0v) is 20.3. The van der Waals surface area contributed by atoms with Crippen molar-refractivity contribution < 1.29 is 4.74 Å². The topological polar surface area (TPSA) is 9.23 Å². The first-order valence-corrected chi connectivity index (χ1v) is 12.8. The number of rotatable bonds is 5. The van der Waals surface area contributed by atoms with Gasteiger partial charge in [-0.05, 0) is 58.9 Å². The lowest BCUT2D eigenvalue weighted by molar-refractivity contribution is 0.311. The summed E-state index contributed by atoms with van der Waals surface area (Å²) in [6.45, 7) is 0. The predicted molar refractivity (Wildman–Crippen MR) is 139 cm³/mol. The van der Waals surface area contributed by atoms with Crippen LogP contribution in [-0.2, 0) is 4.74 Å². The van der Waals surface area contributed by atoms with Gasteiger partial charge in [-0.15, -0.1) is 23.5 Å². The summed E-state index contributed by atoms with van der Waals surface area (Å²) in [7, 11) is 1.77. The molecule has 1 aliphatic rings. The highest BCUT2D eigenvalue weighted by Crippen LogP contribution is 2.45. The van der Waals surface area contributed by atoms with E-state index in [1.54, 1.807) is 7.11 Å². The van der Waals surface area contributed by atoms with Crippen molar-refractivity contribution in [3.8, 4) is 0 Å². The third kappa shape index (κ3) is 5.35. The van der Waals surface area contributed by atoms with E-state index in [1.807, 2.05) is 53.9 Å². The Hall–Kier alpha value is -1.78. The van der Waals surface area contributed by atoms with Crippen molar-refractivity contribution in [3.05, 3.63) is 116 Å².